The van der Waals surface area contributed by atoms with Gasteiger partial charge < -0.3 is 19.3 Å². The van der Waals surface area contributed by atoms with Crippen LogP contribution in [0.3, 0.4) is 0 Å². The Balaban J connectivity index is 1.30. The Hall–Kier alpha value is -2.28. The largest absolute Gasteiger partial charge is 0.454 e. The van der Waals surface area contributed by atoms with Crippen molar-refractivity contribution in [1.82, 2.24) is 14.7 Å². The highest BCUT2D eigenvalue weighted by molar-refractivity contribution is 6.35. The molecule has 0 bridgehead atoms. The Morgan fingerprint density at radius 1 is 1.00 bits per heavy atom. The minimum Gasteiger partial charge on any atom is -0.454 e. The van der Waals surface area contributed by atoms with Crippen molar-refractivity contribution < 1.29 is 19.1 Å². The first-order valence-electron chi connectivity index (χ1n) is 10.4. The SMILES string of the molecule is CCC1CCCCN1C(=O)C(=O)N1CCN(Cc2ccc3c(c2)OCO3)CC1. The fourth-order valence-electron chi connectivity index (χ4n) is 4.36. The molecule has 0 aromatic heterocycles. The van der Waals surface area contributed by atoms with Crippen LogP contribution in [0.4, 0.5) is 0 Å². The molecule has 0 saturated carbocycles. The van der Waals surface area contributed by atoms with Gasteiger partial charge in [-0.1, -0.05) is 13.0 Å². The number of ether oxygens (including phenoxy) is 2. The molecule has 2 saturated heterocycles. The zero-order valence-electron chi connectivity index (χ0n) is 16.6. The van der Waals surface area contributed by atoms with Crippen LogP contribution in [0.5, 0.6) is 11.5 Å². The second-order valence-electron chi connectivity index (χ2n) is 7.81. The van der Waals surface area contributed by atoms with E-state index in [0.717, 1.165) is 56.8 Å². The van der Waals surface area contributed by atoms with E-state index in [-0.39, 0.29) is 24.6 Å². The molecule has 1 atom stereocenters. The van der Waals surface area contributed by atoms with Gasteiger partial charge in [0.05, 0.1) is 0 Å². The third-order valence-electron chi connectivity index (χ3n) is 6.04. The minimum absolute atomic E-state index is 0.220. The molecule has 2 fully saturated rings. The van der Waals surface area contributed by atoms with Crippen LogP contribution >= 0.6 is 0 Å². The molecule has 3 aliphatic heterocycles. The van der Waals surface area contributed by atoms with Crippen LogP contribution in [0.25, 0.3) is 0 Å². The van der Waals surface area contributed by atoms with Gasteiger partial charge in [-0.05, 0) is 43.4 Å². The van der Waals surface area contributed by atoms with E-state index in [9.17, 15) is 9.59 Å². The summed E-state index contributed by atoms with van der Waals surface area (Å²) in [5, 5.41) is 0. The average molecular weight is 387 g/mol. The van der Waals surface area contributed by atoms with Crippen LogP contribution in [-0.2, 0) is 16.1 Å². The Morgan fingerprint density at radius 3 is 2.57 bits per heavy atom. The predicted octanol–water partition coefficient (Wildman–Crippen LogP) is 1.85. The lowest BCUT2D eigenvalue weighted by Gasteiger charge is -2.38. The summed E-state index contributed by atoms with van der Waals surface area (Å²) in [6.07, 6.45) is 4.08. The lowest BCUT2D eigenvalue weighted by molar-refractivity contribution is -0.155. The predicted molar refractivity (Wildman–Crippen MR) is 104 cm³/mol. The summed E-state index contributed by atoms with van der Waals surface area (Å²) in [6.45, 7) is 6.62. The molecule has 0 N–H and O–H groups in total. The van der Waals surface area contributed by atoms with Crippen molar-refractivity contribution in [2.24, 2.45) is 0 Å². The number of piperazine rings is 1. The molecule has 3 heterocycles. The number of likely N-dealkylation sites (tertiary alicyclic amines) is 1. The van der Waals surface area contributed by atoms with Gasteiger partial charge in [0, 0.05) is 45.3 Å². The molecule has 0 aliphatic carbocycles. The van der Waals surface area contributed by atoms with Gasteiger partial charge in [0.2, 0.25) is 6.79 Å². The number of amides is 2. The zero-order chi connectivity index (χ0) is 19.5. The van der Waals surface area contributed by atoms with Gasteiger partial charge >= 0.3 is 11.8 Å². The van der Waals surface area contributed by atoms with Gasteiger partial charge in [-0.25, -0.2) is 0 Å². The summed E-state index contributed by atoms with van der Waals surface area (Å²) in [5.74, 6) is 0.948. The molecule has 152 valence electrons. The number of benzene rings is 1. The van der Waals surface area contributed by atoms with E-state index in [0.29, 0.717) is 19.6 Å². The van der Waals surface area contributed by atoms with Crippen molar-refractivity contribution in [3.63, 3.8) is 0 Å². The van der Waals surface area contributed by atoms with Crippen molar-refractivity contribution in [3.8, 4) is 11.5 Å². The van der Waals surface area contributed by atoms with Crippen LogP contribution in [0.1, 0.15) is 38.2 Å². The van der Waals surface area contributed by atoms with E-state index in [4.69, 9.17) is 9.47 Å². The smallest absolute Gasteiger partial charge is 0.312 e. The van der Waals surface area contributed by atoms with Gasteiger partial charge in [-0.3, -0.25) is 14.5 Å². The van der Waals surface area contributed by atoms with Gasteiger partial charge in [-0.15, -0.1) is 0 Å². The number of rotatable bonds is 3. The molecular formula is C21H29N3O4. The van der Waals surface area contributed by atoms with Gasteiger partial charge in [0.1, 0.15) is 0 Å². The van der Waals surface area contributed by atoms with E-state index in [1.165, 1.54) is 5.56 Å². The maximum Gasteiger partial charge on any atom is 0.312 e. The Bertz CT molecular complexity index is 730. The summed E-state index contributed by atoms with van der Waals surface area (Å²) >= 11 is 0. The summed E-state index contributed by atoms with van der Waals surface area (Å²) < 4.78 is 10.8. The molecule has 1 aromatic carbocycles. The summed E-state index contributed by atoms with van der Waals surface area (Å²) in [7, 11) is 0. The summed E-state index contributed by atoms with van der Waals surface area (Å²) in [4.78, 5) is 31.3. The van der Waals surface area contributed by atoms with Crippen molar-refractivity contribution in [2.45, 2.75) is 45.2 Å². The molecule has 1 unspecified atom stereocenters. The van der Waals surface area contributed by atoms with Crippen LogP contribution in [0, 0.1) is 0 Å². The van der Waals surface area contributed by atoms with Crippen LogP contribution in [0.2, 0.25) is 0 Å². The number of carbonyl (C=O) groups excluding carboxylic acids is 2. The topological polar surface area (TPSA) is 62.3 Å². The number of nitrogens with zero attached hydrogens (tertiary/aromatic N) is 3. The number of piperidine rings is 1. The normalized spacial score (nSPS) is 22.4. The molecular weight excluding hydrogens is 358 g/mol. The third kappa shape index (κ3) is 3.94. The van der Waals surface area contributed by atoms with Gasteiger partial charge in [-0.2, -0.15) is 0 Å². The van der Waals surface area contributed by atoms with Crippen LogP contribution in [0.15, 0.2) is 18.2 Å². The first kappa shape index (κ1) is 19.1. The second kappa shape index (κ2) is 8.39. The third-order valence-corrected chi connectivity index (χ3v) is 6.04. The quantitative estimate of drug-likeness (QED) is 0.741. The first-order chi connectivity index (χ1) is 13.7. The van der Waals surface area contributed by atoms with Crippen molar-refractivity contribution in [2.75, 3.05) is 39.5 Å². The van der Waals surface area contributed by atoms with E-state index < -0.39 is 0 Å². The number of carbonyl (C=O) groups is 2. The molecule has 0 radical (unpaired) electrons. The zero-order valence-corrected chi connectivity index (χ0v) is 16.6. The lowest BCUT2D eigenvalue weighted by atomic mass is 10.00. The number of fused-ring (bicyclic) bond motifs is 1. The van der Waals surface area contributed by atoms with E-state index in [2.05, 4.69) is 17.9 Å². The molecule has 7 nitrogen and oxygen atoms in total. The molecule has 3 aliphatic rings. The molecule has 0 spiro atoms. The Labute approximate surface area is 166 Å². The second-order valence-corrected chi connectivity index (χ2v) is 7.81. The minimum atomic E-state index is -0.330. The standard InChI is InChI=1S/C21H29N3O4/c1-2-17-5-3-4-8-24(17)21(26)20(25)23-11-9-22(10-12-23)14-16-6-7-18-19(13-16)28-15-27-18/h6-7,13,17H,2-5,8-12,14-15H2,1H3. The van der Waals surface area contributed by atoms with Crippen molar-refractivity contribution in [1.29, 1.82) is 0 Å². The fourth-order valence-corrected chi connectivity index (χ4v) is 4.36. The maximum atomic E-state index is 12.7. The lowest BCUT2D eigenvalue weighted by Crippen LogP contribution is -2.55. The molecule has 1 aromatic rings. The van der Waals surface area contributed by atoms with Crippen LogP contribution in [-0.4, -0.2) is 72.1 Å². The van der Waals surface area contributed by atoms with Crippen LogP contribution < -0.4 is 9.47 Å². The highest BCUT2D eigenvalue weighted by atomic mass is 16.7. The molecule has 7 heteroatoms. The Kier molecular flexibility index (Phi) is 5.71. The first-order valence-corrected chi connectivity index (χ1v) is 10.4. The van der Waals surface area contributed by atoms with E-state index >= 15 is 0 Å². The Morgan fingerprint density at radius 2 is 1.79 bits per heavy atom. The highest BCUT2D eigenvalue weighted by Gasteiger charge is 2.33. The maximum absolute atomic E-state index is 12.7. The monoisotopic (exact) mass is 387 g/mol. The molecule has 28 heavy (non-hydrogen) atoms. The van der Waals surface area contributed by atoms with Gasteiger partial charge in [0.15, 0.2) is 11.5 Å². The van der Waals surface area contributed by atoms with Crippen molar-refractivity contribution in [3.05, 3.63) is 23.8 Å². The average Bonchev–Trinajstić information content (AvgIpc) is 3.21. The number of hydrogen-bond donors (Lipinski definition) is 0. The number of hydrogen-bond acceptors (Lipinski definition) is 5. The summed E-state index contributed by atoms with van der Waals surface area (Å²) in [6, 6.07) is 6.23. The molecule has 2 amide bonds. The fraction of sp³-hybridized carbons (Fsp3) is 0.619. The van der Waals surface area contributed by atoms with Crippen molar-refractivity contribution >= 4 is 11.8 Å². The highest BCUT2D eigenvalue weighted by Crippen LogP contribution is 2.32. The van der Waals surface area contributed by atoms with E-state index in [1.54, 1.807) is 4.90 Å². The van der Waals surface area contributed by atoms with E-state index in [1.807, 2.05) is 17.0 Å². The molecule has 4 rings (SSSR count). The van der Waals surface area contributed by atoms with Gasteiger partial charge in [0.25, 0.3) is 0 Å². The summed E-state index contributed by atoms with van der Waals surface area (Å²) in [5.41, 5.74) is 1.17.